The van der Waals surface area contributed by atoms with E-state index in [-0.39, 0.29) is 11.2 Å². The maximum absolute atomic E-state index is 11.6. The number of benzene rings is 1. The highest BCUT2D eigenvalue weighted by Crippen LogP contribution is 2.21. The normalized spacial score (nSPS) is 12.5. The van der Waals surface area contributed by atoms with Gasteiger partial charge in [0, 0.05) is 18.2 Å². The SMILES string of the molecule is CC(C)(C)c1nnc2ccc(NCc3ccccc3CS(C)(=O)=O)nn12. The summed E-state index contributed by atoms with van der Waals surface area (Å²) in [7, 11) is -3.09. The van der Waals surface area contributed by atoms with Crippen LogP contribution in [-0.4, -0.2) is 34.5 Å². The molecule has 2 heterocycles. The highest BCUT2D eigenvalue weighted by Gasteiger charge is 2.21. The quantitative estimate of drug-likeness (QED) is 0.739. The number of anilines is 1. The van der Waals surface area contributed by atoms with Gasteiger partial charge in [-0.2, -0.15) is 4.52 Å². The molecule has 26 heavy (non-hydrogen) atoms. The molecule has 1 N–H and O–H groups in total. The van der Waals surface area contributed by atoms with E-state index in [0.717, 1.165) is 17.0 Å². The zero-order valence-electron chi connectivity index (χ0n) is 15.4. The third kappa shape index (κ3) is 4.19. The summed E-state index contributed by atoms with van der Waals surface area (Å²) in [5.74, 6) is 1.49. The van der Waals surface area contributed by atoms with Crippen LogP contribution in [0, 0.1) is 0 Å². The van der Waals surface area contributed by atoms with Crippen LogP contribution in [0.5, 0.6) is 0 Å². The maximum atomic E-state index is 11.6. The van der Waals surface area contributed by atoms with E-state index in [1.54, 1.807) is 4.52 Å². The van der Waals surface area contributed by atoms with Gasteiger partial charge in [-0.15, -0.1) is 15.3 Å². The van der Waals surface area contributed by atoms with Gasteiger partial charge in [-0.05, 0) is 23.3 Å². The molecule has 0 unspecified atom stereocenters. The molecule has 0 saturated carbocycles. The Balaban J connectivity index is 1.85. The van der Waals surface area contributed by atoms with Crippen LogP contribution in [0.4, 0.5) is 5.82 Å². The molecule has 0 amide bonds. The summed E-state index contributed by atoms with van der Waals surface area (Å²) in [5.41, 5.74) is 2.24. The molecule has 3 aromatic rings. The molecule has 7 nitrogen and oxygen atoms in total. The van der Waals surface area contributed by atoms with Crippen LogP contribution in [0.25, 0.3) is 5.65 Å². The second-order valence-corrected chi connectivity index (χ2v) is 9.59. The van der Waals surface area contributed by atoms with Crippen LogP contribution >= 0.6 is 0 Å². The van der Waals surface area contributed by atoms with Crippen molar-refractivity contribution in [3.05, 3.63) is 53.3 Å². The second-order valence-electron chi connectivity index (χ2n) is 7.45. The molecule has 0 atom stereocenters. The Hall–Kier alpha value is -2.48. The zero-order valence-corrected chi connectivity index (χ0v) is 16.2. The van der Waals surface area contributed by atoms with E-state index in [0.29, 0.717) is 18.0 Å². The summed E-state index contributed by atoms with van der Waals surface area (Å²) >= 11 is 0. The maximum Gasteiger partial charge on any atom is 0.178 e. The number of nitrogens with zero attached hydrogens (tertiary/aromatic N) is 4. The molecular formula is C18H23N5O2S. The van der Waals surface area contributed by atoms with Gasteiger partial charge in [-0.25, -0.2) is 8.42 Å². The summed E-state index contributed by atoms with van der Waals surface area (Å²) < 4.78 is 25.0. The second kappa shape index (κ2) is 6.68. The van der Waals surface area contributed by atoms with Gasteiger partial charge in [0.05, 0.1) is 5.75 Å². The minimum Gasteiger partial charge on any atom is -0.365 e. The highest BCUT2D eigenvalue weighted by molar-refractivity contribution is 7.89. The molecule has 0 radical (unpaired) electrons. The van der Waals surface area contributed by atoms with Crippen molar-refractivity contribution < 1.29 is 8.42 Å². The molecule has 0 aliphatic heterocycles. The van der Waals surface area contributed by atoms with Gasteiger partial charge in [0.15, 0.2) is 21.3 Å². The molecule has 0 saturated heterocycles. The number of aromatic nitrogens is 4. The van der Waals surface area contributed by atoms with Crippen molar-refractivity contribution >= 4 is 21.3 Å². The zero-order chi connectivity index (χ0) is 18.9. The van der Waals surface area contributed by atoms with Crippen molar-refractivity contribution in [3.63, 3.8) is 0 Å². The lowest BCUT2D eigenvalue weighted by atomic mass is 9.96. The van der Waals surface area contributed by atoms with Gasteiger partial charge in [-0.3, -0.25) is 0 Å². The minimum atomic E-state index is -3.09. The summed E-state index contributed by atoms with van der Waals surface area (Å²) in [6.45, 7) is 6.67. The molecule has 0 bridgehead atoms. The highest BCUT2D eigenvalue weighted by atomic mass is 32.2. The number of rotatable bonds is 5. The van der Waals surface area contributed by atoms with E-state index in [2.05, 4.69) is 41.4 Å². The molecule has 0 spiro atoms. The standard InChI is InChI=1S/C18H23N5O2S/c1-18(2,3)17-21-20-16-10-9-15(22-23(16)17)19-11-13-7-5-6-8-14(13)12-26(4,24)25/h5-10H,11-12H2,1-4H3,(H,19,22). The lowest BCUT2D eigenvalue weighted by molar-refractivity contribution is 0.527. The Kier molecular flexibility index (Phi) is 4.70. The van der Waals surface area contributed by atoms with Gasteiger partial charge in [0.2, 0.25) is 0 Å². The van der Waals surface area contributed by atoms with E-state index in [9.17, 15) is 8.42 Å². The summed E-state index contributed by atoms with van der Waals surface area (Å²) in [6.07, 6.45) is 1.24. The van der Waals surface area contributed by atoms with Crippen molar-refractivity contribution in [3.8, 4) is 0 Å². The van der Waals surface area contributed by atoms with Crippen molar-refractivity contribution in [1.82, 2.24) is 19.8 Å². The molecule has 2 aromatic heterocycles. The Bertz CT molecular complexity index is 1040. The van der Waals surface area contributed by atoms with Gasteiger partial charge in [0.25, 0.3) is 0 Å². The lowest BCUT2D eigenvalue weighted by Crippen LogP contribution is -2.17. The summed E-state index contributed by atoms with van der Waals surface area (Å²) in [5, 5.41) is 16.2. The fraction of sp³-hybridized carbons (Fsp3) is 0.389. The molecule has 8 heteroatoms. The number of hydrogen-bond acceptors (Lipinski definition) is 6. The van der Waals surface area contributed by atoms with Crippen LogP contribution < -0.4 is 5.32 Å². The molecule has 0 aliphatic rings. The molecular weight excluding hydrogens is 350 g/mol. The van der Waals surface area contributed by atoms with Crippen LogP contribution in [0.3, 0.4) is 0 Å². The Morgan fingerprint density at radius 1 is 1.04 bits per heavy atom. The topological polar surface area (TPSA) is 89.2 Å². The minimum absolute atomic E-state index is 0.0247. The smallest absolute Gasteiger partial charge is 0.178 e. The lowest BCUT2D eigenvalue weighted by Gasteiger charge is -2.15. The fourth-order valence-electron chi connectivity index (χ4n) is 2.69. The first-order valence-corrected chi connectivity index (χ1v) is 10.4. The molecule has 138 valence electrons. The van der Waals surface area contributed by atoms with Crippen molar-refractivity contribution in [2.45, 2.75) is 38.5 Å². The first-order chi connectivity index (χ1) is 12.1. The van der Waals surface area contributed by atoms with E-state index in [1.807, 2.05) is 36.4 Å². The van der Waals surface area contributed by atoms with Crippen LogP contribution in [0.15, 0.2) is 36.4 Å². The van der Waals surface area contributed by atoms with E-state index < -0.39 is 9.84 Å². The third-order valence-electron chi connectivity index (χ3n) is 3.93. The molecule has 3 rings (SSSR count). The Labute approximate surface area is 153 Å². The van der Waals surface area contributed by atoms with E-state index in [4.69, 9.17) is 0 Å². The molecule has 0 fully saturated rings. The fourth-order valence-corrected chi connectivity index (χ4v) is 3.54. The average molecular weight is 373 g/mol. The van der Waals surface area contributed by atoms with Crippen LogP contribution in [0.2, 0.25) is 0 Å². The number of sulfone groups is 1. The number of fused-ring (bicyclic) bond motifs is 1. The predicted octanol–water partition coefficient (Wildman–Crippen LogP) is 2.58. The van der Waals surface area contributed by atoms with Crippen LogP contribution in [0.1, 0.15) is 37.7 Å². The largest absolute Gasteiger partial charge is 0.365 e. The predicted molar refractivity (Wildman–Crippen MR) is 102 cm³/mol. The molecule has 1 aromatic carbocycles. The van der Waals surface area contributed by atoms with Gasteiger partial charge < -0.3 is 5.32 Å². The molecule has 0 aliphatic carbocycles. The Morgan fingerprint density at radius 3 is 2.38 bits per heavy atom. The first kappa shape index (κ1) is 18.3. The van der Waals surface area contributed by atoms with Crippen LogP contribution in [-0.2, 0) is 27.5 Å². The summed E-state index contributed by atoms with van der Waals surface area (Å²) in [6, 6.07) is 11.2. The average Bonchev–Trinajstić information content (AvgIpc) is 2.96. The van der Waals surface area contributed by atoms with Crippen molar-refractivity contribution in [2.24, 2.45) is 0 Å². The van der Waals surface area contributed by atoms with Gasteiger partial charge in [0.1, 0.15) is 5.82 Å². The third-order valence-corrected chi connectivity index (χ3v) is 4.77. The van der Waals surface area contributed by atoms with Gasteiger partial charge >= 0.3 is 0 Å². The van der Waals surface area contributed by atoms with Gasteiger partial charge in [-0.1, -0.05) is 45.0 Å². The first-order valence-electron chi connectivity index (χ1n) is 8.35. The van der Waals surface area contributed by atoms with E-state index in [1.165, 1.54) is 6.26 Å². The Morgan fingerprint density at radius 2 is 1.73 bits per heavy atom. The summed E-state index contributed by atoms with van der Waals surface area (Å²) in [4.78, 5) is 0. The van der Waals surface area contributed by atoms with E-state index >= 15 is 0 Å². The van der Waals surface area contributed by atoms with Crippen molar-refractivity contribution in [2.75, 3.05) is 11.6 Å². The number of hydrogen-bond donors (Lipinski definition) is 1. The van der Waals surface area contributed by atoms with Crippen molar-refractivity contribution in [1.29, 1.82) is 0 Å². The number of nitrogens with one attached hydrogen (secondary N) is 1. The monoisotopic (exact) mass is 373 g/mol.